The summed E-state index contributed by atoms with van der Waals surface area (Å²) in [6, 6.07) is 213. The SMILES string of the molecule is c1ccc(-c2cccc(-c3cccc(-c4ccc(-c5cccc(-c6cccc(-n7c8ccccc8c8cc(-c9ccc%10c(c9)c9ccccc9n%10-c9cccc(-c%10ccccc%10)c9)ccc87)c6)c5)cc4)c3)c2)cc1.c1ccc(-c2cccc(-c3cccc(-c4ccc(-c5ccccc5-c5cccc(-n6c7ccccc7c7cc(-c8ccc9c(c8)c8ccccc8n9-c8cccc(-c9ccccc9)c8)ccc76)c5)cc4)c3)c2)cc1. The number of hydrogen-bond acceptors (Lipinski definition) is 0. The summed E-state index contributed by atoms with van der Waals surface area (Å²) in [5.41, 5.74) is 47.8. The Morgan fingerprint density at radius 1 is 0.0811 bits per heavy atom. The third kappa shape index (κ3) is 16.3. The van der Waals surface area contributed by atoms with E-state index in [0.717, 1.165) is 22.7 Å². The molecule has 0 unspecified atom stereocenters. The number of nitrogens with zero attached hydrogens (tertiary/aromatic N) is 4. The molecule has 0 aliphatic rings. The van der Waals surface area contributed by atoms with Crippen LogP contribution in [0.1, 0.15) is 0 Å². The zero-order chi connectivity index (χ0) is 97.9. The number of fused-ring (bicyclic) bond motifs is 12. The lowest BCUT2D eigenvalue weighted by Crippen LogP contribution is -1.95. The number of aromatic nitrogens is 4. The molecular formula is C144H96N4. The minimum absolute atomic E-state index is 1.13. The average Bonchev–Trinajstić information content (AvgIpc) is 1.59. The molecule has 4 nitrogen and oxygen atoms in total. The van der Waals surface area contributed by atoms with E-state index in [1.54, 1.807) is 0 Å². The first kappa shape index (κ1) is 87.5. The van der Waals surface area contributed by atoms with E-state index in [1.807, 2.05) is 0 Å². The van der Waals surface area contributed by atoms with E-state index in [2.05, 4.69) is 601 Å². The lowest BCUT2D eigenvalue weighted by molar-refractivity contribution is 1.18. The van der Waals surface area contributed by atoms with Crippen LogP contribution in [0, 0.1) is 0 Å². The zero-order valence-electron chi connectivity index (χ0n) is 81.2. The maximum absolute atomic E-state index is 2.43. The van der Waals surface area contributed by atoms with Gasteiger partial charge in [0.1, 0.15) is 0 Å². The van der Waals surface area contributed by atoms with Gasteiger partial charge in [0.25, 0.3) is 0 Å². The van der Waals surface area contributed by atoms with Crippen molar-refractivity contribution in [2.24, 2.45) is 0 Å². The van der Waals surface area contributed by atoms with Gasteiger partial charge in [0.05, 0.1) is 44.1 Å². The third-order valence-corrected chi connectivity index (χ3v) is 29.8. The molecular weight excluding hydrogens is 1790 g/mol. The van der Waals surface area contributed by atoms with Gasteiger partial charge in [-0.3, -0.25) is 0 Å². The highest BCUT2D eigenvalue weighted by atomic mass is 15.0. The van der Waals surface area contributed by atoms with Gasteiger partial charge in [-0.25, -0.2) is 0 Å². The molecule has 28 rings (SSSR count). The predicted molar refractivity (Wildman–Crippen MR) is 626 cm³/mol. The normalized spacial score (nSPS) is 11.5. The molecule has 4 heterocycles. The minimum atomic E-state index is 1.13. The van der Waals surface area contributed by atoms with Gasteiger partial charge in [-0.05, 0) is 307 Å². The van der Waals surface area contributed by atoms with Gasteiger partial charge >= 0.3 is 0 Å². The Labute approximate surface area is 860 Å². The van der Waals surface area contributed by atoms with Gasteiger partial charge in [0.15, 0.2) is 0 Å². The van der Waals surface area contributed by atoms with Crippen molar-refractivity contribution >= 4 is 87.2 Å². The van der Waals surface area contributed by atoms with Crippen molar-refractivity contribution < 1.29 is 0 Å². The molecule has 0 fully saturated rings. The largest absolute Gasteiger partial charge is 0.309 e. The summed E-state index contributed by atoms with van der Waals surface area (Å²) in [5.74, 6) is 0. The molecule has 4 aromatic heterocycles. The standard InChI is InChI=1S/2C72H48N2/c1-3-16-49(17-4-1)53-20-11-23-56(42-53)57-24-12-21-54(43-57)51-34-36-52(37-35-51)55-22-13-25-58(44-55)60-27-15-29-64(46-60)74-70-33-10-8-31-66(70)68-48-62(39-41-72(68)74)61-38-40-71-67(47-61)65-30-7-9-32-69(65)73(71)63-28-14-26-59(45-63)50-18-5-2-6-19-50;1-3-17-49(18-4-1)53-21-13-23-55(43-53)56-24-14-22-54(44-56)51-35-37-52(38-36-51)63-29-7-8-30-64(63)60-26-16-28-62(46-60)74-70-34-12-10-32-66(70)68-48-59(40-42-72(68)74)58-39-41-71-67(47-58)65-31-9-11-33-69(65)73(71)61-27-15-25-57(45-61)50-19-5-2-6-20-50/h2*1-48H. The summed E-state index contributed by atoms with van der Waals surface area (Å²) in [7, 11) is 0. The highest BCUT2D eigenvalue weighted by molar-refractivity contribution is 6.16. The van der Waals surface area contributed by atoms with Crippen molar-refractivity contribution in [2.45, 2.75) is 0 Å². The summed E-state index contributed by atoms with van der Waals surface area (Å²) in [6.07, 6.45) is 0. The fraction of sp³-hybridized carbons (Fsp3) is 0. The molecule has 0 aliphatic carbocycles. The van der Waals surface area contributed by atoms with Crippen LogP contribution in [0.4, 0.5) is 0 Å². The van der Waals surface area contributed by atoms with Crippen LogP contribution in [0.25, 0.3) is 266 Å². The molecule has 0 N–H and O–H groups in total. The summed E-state index contributed by atoms with van der Waals surface area (Å²) in [4.78, 5) is 0. The van der Waals surface area contributed by atoms with E-state index in [-0.39, 0.29) is 0 Å². The van der Waals surface area contributed by atoms with Crippen molar-refractivity contribution in [3.8, 4) is 179 Å². The van der Waals surface area contributed by atoms with E-state index < -0.39 is 0 Å². The number of para-hydroxylation sites is 4. The predicted octanol–water partition coefficient (Wildman–Crippen LogP) is 39.1. The van der Waals surface area contributed by atoms with E-state index in [4.69, 9.17) is 0 Å². The Hall–Kier alpha value is -19.5. The average molecular weight is 1880 g/mol. The smallest absolute Gasteiger partial charge is 0.0541 e. The molecule has 28 aromatic rings. The second-order valence-corrected chi connectivity index (χ2v) is 38.6. The summed E-state index contributed by atoms with van der Waals surface area (Å²) in [6.45, 7) is 0. The topological polar surface area (TPSA) is 19.7 Å². The first-order valence-electron chi connectivity index (χ1n) is 50.9. The Morgan fingerprint density at radius 3 is 0.500 bits per heavy atom. The summed E-state index contributed by atoms with van der Waals surface area (Å²) < 4.78 is 9.68. The second kappa shape index (κ2) is 37.7. The second-order valence-electron chi connectivity index (χ2n) is 38.6. The molecule has 0 saturated heterocycles. The molecule has 0 spiro atoms. The maximum Gasteiger partial charge on any atom is 0.0541 e. The van der Waals surface area contributed by atoms with E-state index in [9.17, 15) is 0 Å². The van der Waals surface area contributed by atoms with Crippen LogP contribution >= 0.6 is 0 Å². The molecule has 24 aromatic carbocycles. The fourth-order valence-corrected chi connectivity index (χ4v) is 22.6. The van der Waals surface area contributed by atoms with Crippen LogP contribution in [0.5, 0.6) is 0 Å². The van der Waals surface area contributed by atoms with E-state index >= 15 is 0 Å². The minimum Gasteiger partial charge on any atom is -0.309 e. The molecule has 0 atom stereocenters. The van der Waals surface area contributed by atoms with Gasteiger partial charge in [-0.15, -0.1) is 0 Å². The highest BCUT2D eigenvalue weighted by Gasteiger charge is 2.23. The van der Waals surface area contributed by atoms with Crippen LogP contribution in [-0.2, 0) is 0 Å². The zero-order valence-corrected chi connectivity index (χ0v) is 81.2. The number of benzene rings is 24. The van der Waals surface area contributed by atoms with Crippen molar-refractivity contribution in [1.82, 2.24) is 18.3 Å². The molecule has 0 bridgehead atoms. The summed E-state index contributed by atoms with van der Waals surface area (Å²) >= 11 is 0. The Bertz CT molecular complexity index is 9950. The maximum atomic E-state index is 2.43. The molecule has 0 amide bonds. The van der Waals surface area contributed by atoms with Crippen molar-refractivity contribution in [1.29, 1.82) is 0 Å². The molecule has 4 heteroatoms. The monoisotopic (exact) mass is 1880 g/mol. The van der Waals surface area contributed by atoms with Gasteiger partial charge in [0.2, 0.25) is 0 Å². The summed E-state index contributed by atoms with van der Waals surface area (Å²) in [5, 5.41) is 9.91. The Morgan fingerprint density at radius 2 is 0.236 bits per heavy atom. The first-order chi connectivity index (χ1) is 73.3. The van der Waals surface area contributed by atoms with E-state index in [0.29, 0.717) is 0 Å². The lowest BCUT2D eigenvalue weighted by Gasteiger charge is -2.14. The van der Waals surface area contributed by atoms with Gasteiger partial charge < -0.3 is 18.3 Å². The molecule has 148 heavy (non-hydrogen) atoms. The van der Waals surface area contributed by atoms with Crippen molar-refractivity contribution in [3.63, 3.8) is 0 Å². The van der Waals surface area contributed by atoms with Gasteiger partial charge in [0, 0.05) is 65.8 Å². The van der Waals surface area contributed by atoms with Crippen LogP contribution in [-0.4, -0.2) is 18.3 Å². The molecule has 0 saturated carbocycles. The fourth-order valence-electron chi connectivity index (χ4n) is 22.6. The molecule has 0 radical (unpaired) electrons. The number of hydrogen-bond donors (Lipinski definition) is 0. The Balaban J connectivity index is 0.000000146. The molecule has 692 valence electrons. The van der Waals surface area contributed by atoms with Crippen LogP contribution in [0.15, 0.2) is 582 Å². The first-order valence-corrected chi connectivity index (χ1v) is 50.9. The third-order valence-electron chi connectivity index (χ3n) is 29.8. The quantitative estimate of drug-likeness (QED) is 0.0816. The van der Waals surface area contributed by atoms with Gasteiger partial charge in [-0.1, -0.05) is 431 Å². The van der Waals surface area contributed by atoms with Crippen LogP contribution in [0.2, 0.25) is 0 Å². The van der Waals surface area contributed by atoms with Gasteiger partial charge in [-0.2, -0.15) is 0 Å². The highest BCUT2D eigenvalue weighted by Crippen LogP contribution is 2.46. The Kier molecular flexibility index (Phi) is 22.3. The van der Waals surface area contributed by atoms with Crippen molar-refractivity contribution in [3.05, 3.63) is 582 Å². The molecule has 0 aliphatic heterocycles. The number of rotatable bonds is 18. The van der Waals surface area contributed by atoms with Crippen molar-refractivity contribution in [2.75, 3.05) is 0 Å². The van der Waals surface area contributed by atoms with Crippen LogP contribution < -0.4 is 0 Å². The van der Waals surface area contributed by atoms with Crippen LogP contribution in [0.3, 0.4) is 0 Å². The lowest BCUT2D eigenvalue weighted by atomic mass is 9.92. The van der Waals surface area contributed by atoms with E-state index in [1.165, 1.54) is 243 Å².